The van der Waals surface area contributed by atoms with Crippen LogP contribution in [0.15, 0.2) is 29.6 Å². The van der Waals surface area contributed by atoms with Crippen LogP contribution in [0.3, 0.4) is 0 Å². The number of ether oxygens (including phenoxy) is 3. The first-order chi connectivity index (χ1) is 11.5. The van der Waals surface area contributed by atoms with Crippen LogP contribution in [0.2, 0.25) is 0 Å². The van der Waals surface area contributed by atoms with Crippen LogP contribution in [0.25, 0.3) is 0 Å². The third-order valence-corrected chi connectivity index (χ3v) is 4.71. The van der Waals surface area contributed by atoms with Gasteiger partial charge >= 0.3 is 0 Å². The standard InChI is InChI=1S/C18H23NO4S/c1-11(2)17(16-7-6-8-24-16)19-18(20)12-9-14(22-4)15(23-5)10-13(12)21-3/h6-11,17H,1-5H3,(H,19,20). The lowest BCUT2D eigenvalue weighted by molar-refractivity contribution is 0.0923. The number of rotatable bonds is 7. The Bertz CT molecular complexity index is 683. The zero-order valence-electron chi connectivity index (χ0n) is 14.6. The highest BCUT2D eigenvalue weighted by Crippen LogP contribution is 2.35. The maximum Gasteiger partial charge on any atom is 0.255 e. The van der Waals surface area contributed by atoms with Gasteiger partial charge in [-0.05, 0) is 17.4 Å². The van der Waals surface area contributed by atoms with Crippen molar-refractivity contribution in [2.45, 2.75) is 19.9 Å². The number of thiophene rings is 1. The summed E-state index contributed by atoms with van der Waals surface area (Å²) in [6.07, 6.45) is 0. The van der Waals surface area contributed by atoms with Gasteiger partial charge in [0.1, 0.15) is 5.75 Å². The molecule has 0 radical (unpaired) electrons. The average Bonchev–Trinajstić information content (AvgIpc) is 3.11. The number of carbonyl (C=O) groups is 1. The quantitative estimate of drug-likeness (QED) is 0.824. The van der Waals surface area contributed by atoms with Crippen LogP contribution in [0.4, 0.5) is 0 Å². The minimum absolute atomic E-state index is 0.0599. The molecule has 1 amide bonds. The van der Waals surface area contributed by atoms with E-state index in [-0.39, 0.29) is 17.9 Å². The highest BCUT2D eigenvalue weighted by atomic mass is 32.1. The Hall–Kier alpha value is -2.21. The van der Waals surface area contributed by atoms with Crippen LogP contribution in [-0.4, -0.2) is 27.2 Å². The SMILES string of the molecule is COc1cc(OC)c(C(=O)NC(c2cccs2)C(C)C)cc1OC. The van der Waals surface area contributed by atoms with Gasteiger partial charge in [-0.25, -0.2) is 0 Å². The molecule has 0 spiro atoms. The van der Waals surface area contributed by atoms with Crippen molar-refractivity contribution in [3.05, 3.63) is 40.1 Å². The molecule has 0 fully saturated rings. The number of hydrogen-bond acceptors (Lipinski definition) is 5. The second kappa shape index (κ2) is 8.06. The lowest BCUT2D eigenvalue weighted by Crippen LogP contribution is -2.31. The molecule has 5 nitrogen and oxygen atoms in total. The third kappa shape index (κ3) is 3.82. The van der Waals surface area contributed by atoms with Gasteiger partial charge in [-0.2, -0.15) is 0 Å². The molecule has 1 atom stereocenters. The maximum absolute atomic E-state index is 12.8. The number of hydrogen-bond donors (Lipinski definition) is 1. The molecule has 0 aliphatic heterocycles. The van der Waals surface area contributed by atoms with Gasteiger partial charge in [0.2, 0.25) is 0 Å². The molecule has 1 aromatic carbocycles. The van der Waals surface area contributed by atoms with Crippen molar-refractivity contribution in [3.8, 4) is 17.2 Å². The molecule has 24 heavy (non-hydrogen) atoms. The summed E-state index contributed by atoms with van der Waals surface area (Å²) in [5.74, 6) is 1.50. The molecule has 6 heteroatoms. The summed E-state index contributed by atoms with van der Waals surface area (Å²) in [5, 5.41) is 5.10. The molecule has 0 bridgehead atoms. The summed E-state index contributed by atoms with van der Waals surface area (Å²) in [6.45, 7) is 4.16. The Labute approximate surface area is 146 Å². The number of nitrogens with one attached hydrogen (secondary N) is 1. The fourth-order valence-corrected chi connectivity index (χ4v) is 3.41. The molecule has 0 aliphatic rings. The zero-order chi connectivity index (χ0) is 17.7. The highest BCUT2D eigenvalue weighted by molar-refractivity contribution is 7.10. The minimum atomic E-state index is -0.208. The maximum atomic E-state index is 12.8. The molecule has 1 heterocycles. The molecular weight excluding hydrogens is 326 g/mol. The Morgan fingerprint density at radius 1 is 1.04 bits per heavy atom. The van der Waals surface area contributed by atoms with E-state index in [4.69, 9.17) is 14.2 Å². The summed E-state index contributed by atoms with van der Waals surface area (Å²) in [6, 6.07) is 7.25. The molecule has 2 rings (SSSR count). The minimum Gasteiger partial charge on any atom is -0.496 e. The van der Waals surface area contributed by atoms with Crippen molar-refractivity contribution in [2.24, 2.45) is 5.92 Å². The average molecular weight is 349 g/mol. The molecule has 1 aromatic heterocycles. The van der Waals surface area contributed by atoms with Gasteiger partial charge < -0.3 is 19.5 Å². The fourth-order valence-electron chi connectivity index (χ4n) is 2.46. The van der Waals surface area contributed by atoms with E-state index in [2.05, 4.69) is 19.2 Å². The van der Waals surface area contributed by atoms with Crippen LogP contribution in [0.5, 0.6) is 17.2 Å². The van der Waals surface area contributed by atoms with Crippen molar-refractivity contribution in [1.82, 2.24) is 5.32 Å². The summed E-state index contributed by atoms with van der Waals surface area (Å²) in [4.78, 5) is 13.9. The largest absolute Gasteiger partial charge is 0.496 e. The Morgan fingerprint density at radius 3 is 2.17 bits per heavy atom. The Balaban J connectivity index is 2.34. The molecule has 2 aromatic rings. The Kier molecular flexibility index (Phi) is 6.09. The lowest BCUT2D eigenvalue weighted by Gasteiger charge is -2.22. The predicted molar refractivity (Wildman–Crippen MR) is 95.5 cm³/mol. The number of carbonyl (C=O) groups excluding carboxylic acids is 1. The van der Waals surface area contributed by atoms with E-state index in [1.807, 2.05) is 17.5 Å². The first-order valence-corrected chi connectivity index (χ1v) is 8.54. The Morgan fingerprint density at radius 2 is 1.67 bits per heavy atom. The van der Waals surface area contributed by atoms with Gasteiger partial charge in [0.05, 0.1) is 32.9 Å². The summed E-state index contributed by atoms with van der Waals surface area (Å²) >= 11 is 1.63. The summed E-state index contributed by atoms with van der Waals surface area (Å²) in [7, 11) is 4.61. The van der Waals surface area contributed by atoms with E-state index < -0.39 is 0 Å². The van der Waals surface area contributed by atoms with Crippen molar-refractivity contribution in [3.63, 3.8) is 0 Å². The first kappa shape index (κ1) is 18.1. The van der Waals surface area contributed by atoms with Gasteiger partial charge in [0.15, 0.2) is 11.5 Å². The molecule has 1 unspecified atom stereocenters. The first-order valence-electron chi connectivity index (χ1n) is 7.66. The fraction of sp³-hybridized carbons (Fsp3) is 0.389. The predicted octanol–water partition coefficient (Wildman–Crippen LogP) is 3.90. The van der Waals surface area contributed by atoms with E-state index in [0.29, 0.717) is 22.8 Å². The van der Waals surface area contributed by atoms with E-state index in [0.717, 1.165) is 4.88 Å². The number of amides is 1. The number of benzene rings is 1. The normalized spacial score (nSPS) is 11.9. The number of methoxy groups -OCH3 is 3. The monoisotopic (exact) mass is 349 g/mol. The van der Waals surface area contributed by atoms with Gasteiger partial charge in [0.25, 0.3) is 5.91 Å². The molecule has 0 saturated heterocycles. The van der Waals surface area contributed by atoms with Crippen LogP contribution < -0.4 is 19.5 Å². The van der Waals surface area contributed by atoms with Crippen molar-refractivity contribution >= 4 is 17.2 Å². The van der Waals surface area contributed by atoms with Gasteiger partial charge in [-0.3, -0.25) is 4.79 Å². The van der Waals surface area contributed by atoms with Crippen LogP contribution >= 0.6 is 11.3 Å². The molecule has 1 N–H and O–H groups in total. The van der Waals surface area contributed by atoms with Crippen LogP contribution in [0.1, 0.15) is 35.1 Å². The highest BCUT2D eigenvalue weighted by Gasteiger charge is 2.23. The van der Waals surface area contributed by atoms with Crippen molar-refractivity contribution < 1.29 is 19.0 Å². The van der Waals surface area contributed by atoms with Crippen molar-refractivity contribution in [1.29, 1.82) is 0 Å². The van der Waals surface area contributed by atoms with E-state index >= 15 is 0 Å². The summed E-state index contributed by atoms with van der Waals surface area (Å²) < 4.78 is 15.9. The second-order valence-corrected chi connectivity index (χ2v) is 6.60. The second-order valence-electron chi connectivity index (χ2n) is 5.62. The van der Waals surface area contributed by atoms with E-state index in [9.17, 15) is 4.79 Å². The molecule has 0 saturated carbocycles. The molecular formula is C18H23NO4S. The smallest absolute Gasteiger partial charge is 0.255 e. The zero-order valence-corrected chi connectivity index (χ0v) is 15.4. The van der Waals surface area contributed by atoms with Crippen LogP contribution in [-0.2, 0) is 0 Å². The van der Waals surface area contributed by atoms with Crippen LogP contribution in [0, 0.1) is 5.92 Å². The van der Waals surface area contributed by atoms with Crippen molar-refractivity contribution in [2.75, 3.05) is 21.3 Å². The van der Waals surface area contributed by atoms with Gasteiger partial charge in [0, 0.05) is 17.0 Å². The third-order valence-electron chi connectivity index (χ3n) is 3.75. The molecule has 130 valence electrons. The lowest BCUT2D eigenvalue weighted by atomic mass is 10.0. The van der Waals surface area contributed by atoms with Gasteiger partial charge in [-0.15, -0.1) is 11.3 Å². The summed E-state index contributed by atoms with van der Waals surface area (Å²) in [5.41, 5.74) is 0.414. The van der Waals surface area contributed by atoms with E-state index in [1.54, 1.807) is 30.6 Å². The topological polar surface area (TPSA) is 56.8 Å². The molecule has 0 aliphatic carbocycles. The van der Waals surface area contributed by atoms with E-state index in [1.165, 1.54) is 14.2 Å². The van der Waals surface area contributed by atoms with Gasteiger partial charge in [-0.1, -0.05) is 19.9 Å².